The highest BCUT2D eigenvalue weighted by Crippen LogP contribution is 2.39. The van der Waals surface area contributed by atoms with Crippen LogP contribution in [0.25, 0.3) is 10.8 Å². The van der Waals surface area contributed by atoms with Crippen molar-refractivity contribution in [3.63, 3.8) is 0 Å². The second-order valence-corrected chi connectivity index (χ2v) is 10.1. The maximum Gasteiger partial charge on any atom is 0.327 e. The number of rotatable bonds is 9. The van der Waals surface area contributed by atoms with Crippen LogP contribution in [0.2, 0.25) is 0 Å². The lowest BCUT2D eigenvalue weighted by atomic mass is 9.85. The highest BCUT2D eigenvalue weighted by atomic mass is 32.2. The molecule has 4 rings (SSSR count). The molecule has 0 radical (unpaired) electrons. The largest absolute Gasteiger partial charge is 0.385 e. The number of urea groups is 1. The highest BCUT2D eigenvalue weighted by Gasteiger charge is 2.57. The van der Waals surface area contributed by atoms with E-state index in [0.29, 0.717) is 38.6 Å². The third-order valence-corrected chi connectivity index (χ3v) is 7.98. The number of imide groups is 1. The first kappa shape index (κ1) is 24.0. The van der Waals surface area contributed by atoms with Gasteiger partial charge in [-0.15, -0.1) is 0 Å². The molecule has 3 amide bonds. The SMILES string of the molecule is COCCCN1C(=O)N(Cc2ccc3ccccc3c2)C(=O)C12CCN([C@H](C)CSC)CC2. The third-order valence-electron chi connectivity index (χ3n) is 7.16. The molecule has 1 atom stereocenters. The number of methoxy groups -OCH3 is 1. The molecule has 2 aromatic carbocycles. The normalized spacial score (nSPS) is 19.7. The monoisotopic (exact) mass is 469 g/mol. The maximum absolute atomic E-state index is 13.8. The van der Waals surface area contributed by atoms with Crippen LogP contribution in [0.5, 0.6) is 0 Å². The summed E-state index contributed by atoms with van der Waals surface area (Å²) in [4.78, 5) is 33.2. The molecule has 178 valence electrons. The van der Waals surface area contributed by atoms with Crippen molar-refractivity contribution in [3.05, 3.63) is 48.0 Å². The fourth-order valence-corrected chi connectivity index (χ4v) is 5.98. The van der Waals surface area contributed by atoms with Gasteiger partial charge in [-0.3, -0.25) is 14.6 Å². The number of benzene rings is 2. The molecule has 0 saturated carbocycles. The van der Waals surface area contributed by atoms with Gasteiger partial charge in [-0.1, -0.05) is 36.4 Å². The number of ether oxygens (including phenoxy) is 1. The molecular weight excluding hydrogens is 434 g/mol. The molecular formula is C26H35N3O3S. The molecule has 2 aliphatic rings. The Morgan fingerprint density at radius 2 is 1.82 bits per heavy atom. The molecule has 0 N–H and O–H groups in total. The van der Waals surface area contributed by atoms with E-state index in [0.717, 1.165) is 41.6 Å². The van der Waals surface area contributed by atoms with Crippen molar-refractivity contribution in [2.24, 2.45) is 0 Å². The first-order valence-electron chi connectivity index (χ1n) is 11.8. The van der Waals surface area contributed by atoms with E-state index < -0.39 is 5.54 Å². The summed E-state index contributed by atoms with van der Waals surface area (Å²) in [6, 6.07) is 14.7. The average molecular weight is 470 g/mol. The van der Waals surface area contributed by atoms with Crippen molar-refractivity contribution in [1.29, 1.82) is 0 Å². The van der Waals surface area contributed by atoms with Crippen LogP contribution in [0, 0.1) is 0 Å². The lowest BCUT2D eigenvalue weighted by Crippen LogP contribution is -2.58. The number of hydrogen-bond acceptors (Lipinski definition) is 5. The zero-order valence-electron chi connectivity index (χ0n) is 20.0. The first-order valence-corrected chi connectivity index (χ1v) is 13.2. The topological polar surface area (TPSA) is 53.1 Å². The second kappa shape index (κ2) is 10.5. The van der Waals surface area contributed by atoms with Crippen molar-refractivity contribution in [1.82, 2.24) is 14.7 Å². The van der Waals surface area contributed by atoms with E-state index in [1.54, 1.807) is 7.11 Å². The van der Waals surface area contributed by atoms with Gasteiger partial charge in [0, 0.05) is 45.1 Å². The van der Waals surface area contributed by atoms with Crippen LogP contribution in [-0.4, -0.2) is 83.6 Å². The van der Waals surface area contributed by atoms with Crippen LogP contribution in [0.15, 0.2) is 42.5 Å². The minimum absolute atomic E-state index is 0.0322. The molecule has 6 nitrogen and oxygen atoms in total. The molecule has 0 bridgehead atoms. The van der Waals surface area contributed by atoms with Crippen LogP contribution < -0.4 is 0 Å². The Balaban J connectivity index is 1.56. The fraction of sp³-hybridized carbons (Fsp3) is 0.538. The van der Waals surface area contributed by atoms with Crippen LogP contribution >= 0.6 is 11.8 Å². The van der Waals surface area contributed by atoms with Gasteiger partial charge >= 0.3 is 6.03 Å². The summed E-state index contributed by atoms with van der Waals surface area (Å²) in [5.41, 5.74) is 0.257. The van der Waals surface area contributed by atoms with Crippen molar-refractivity contribution in [3.8, 4) is 0 Å². The summed E-state index contributed by atoms with van der Waals surface area (Å²) in [6.07, 6.45) is 4.24. The summed E-state index contributed by atoms with van der Waals surface area (Å²) in [6.45, 7) is 5.37. The molecule has 2 aromatic rings. The van der Waals surface area contributed by atoms with E-state index in [4.69, 9.17) is 4.74 Å². The molecule has 0 aliphatic carbocycles. The van der Waals surface area contributed by atoms with Crippen molar-refractivity contribution >= 4 is 34.5 Å². The van der Waals surface area contributed by atoms with Gasteiger partial charge < -0.3 is 9.64 Å². The smallest absolute Gasteiger partial charge is 0.327 e. The van der Waals surface area contributed by atoms with E-state index >= 15 is 0 Å². The van der Waals surface area contributed by atoms with Gasteiger partial charge in [0.1, 0.15) is 5.54 Å². The first-order chi connectivity index (χ1) is 16.0. The van der Waals surface area contributed by atoms with Crippen molar-refractivity contribution in [2.75, 3.05) is 45.4 Å². The highest BCUT2D eigenvalue weighted by molar-refractivity contribution is 7.98. The van der Waals surface area contributed by atoms with Gasteiger partial charge in [-0.25, -0.2) is 4.79 Å². The molecule has 0 unspecified atom stereocenters. The van der Waals surface area contributed by atoms with E-state index in [2.05, 4.69) is 42.3 Å². The van der Waals surface area contributed by atoms with E-state index in [-0.39, 0.29) is 11.9 Å². The van der Waals surface area contributed by atoms with E-state index in [1.165, 1.54) is 4.90 Å². The third kappa shape index (κ3) is 4.77. The van der Waals surface area contributed by atoms with E-state index in [1.807, 2.05) is 34.9 Å². The molecule has 1 spiro atoms. The second-order valence-electron chi connectivity index (χ2n) is 9.23. The standard InChI is InChI=1S/C26H35N3O3S/c1-20(19-33-3)27-14-11-26(12-15-27)24(30)28(25(31)29(26)13-6-16-32-2)18-21-9-10-22-7-4-5-8-23(22)17-21/h4-5,7-10,17,20H,6,11-16,18-19H2,1-3H3/t20-/m1/s1. The Hall–Kier alpha value is -2.09. The number of carbonyl (C=O) groups is 2. The van der Waals surface area contributed by atoms with Crippen LogP contribution in [0.3, 0.4) is 0 Å². The minimum atomic E-state index is -0.725. The van der Waals surface area contributed by atoms with Gasteiger partial charge in [0.15, 0.2) is 0 Å². The Morgan fingerprint density at radius 3 is 2.52 bits per heavy atom. The van der Waals surface area contributed by atoms with Crippen LogP contribution in [-0.2, 0) is 16.1 Å². The minimum Gasteiger partial charge on any atom is -0.385 e. The molecule has 33 heavy (non-hydrogen) atoms. The Labute approximate surface area is 201 Å². The Kier molecular flexibility index (Phi) is 7.62. The summed E-state index contributed by atoms with van der Waals surface area (Å²) in [5.74, 6) is 1.04. The van der Waals surface area contributed by atoms with Gasteiger partial charge in [-0.2, -0.15) is 11.8 Å². The van der Waals surface area contributed by atoms with Crippen molar-refractivity contribution < 1.29 is 14.3 Å². The summed E-state index contributed by atoms with van der Waals surface area (Å²) < 4.78 is 5.23. The maximum atomic E-state index is 13.8. The number of piperidine rings is 1. The number of amides is 3. The van der Waals surface area contributed by atoms with Gasteiger partial charge in [0.2, 0.25) is 0 Å². The predicted molar refractivity (Wildman–Crippen MR) is 134 cm³/mol. The molecule has 2 saturated heterocycles. The zero-order valence-corrected chi connectivity index (χ0v) is 20.8. The summed E-state index contributed by atoms with van der Waals surface area (Å²) >= 11 is 1.85. The lowest BCUT2D eigenvalue weighted by molar-refractivity contribution is -0.136. The van der Waals surface area contributed by atoms with Gasteiger partial charge in [0.05, 0.1) is 6.54 Å². The quantitative estimate of drug-likeness (QED) is 0.406. The predicted octanol–water partition coefficient (Wildman–Crippen LogP) is 4.23. The number of nitrogens with zero attached hydrogens (tertiary/aromatic N) is 3. The number of carbonyl (C=O) groups excluding carboxylic acids is 2. The average Bonchev–Trinajstić information content (AvgIpc) is 3.01. The lowest BCUT2D eigenvalue weighted by Gasteiger charge is -2.44. The summed E-state index contributed by atoms with van der Waals surface area (Å²) in [7, 11) is 1.67. The fourth-order valence-electron chi connectivity index (χ4n) is 5.28. The van der Waals surface area contributed by atoms with Crippen molar-refractivity contribution in [2.45, 2.75) is 44.3 Å². The van der Waals surface area contributed by atoms with Crippen LogP contribution in [0.4, 0.5) is 4.79 Å². The molecule has 0 aromatic heterocycles. The molecule has 2 aliphatic heterocycles. The number of fused-ring (bicyclic) bond motifs is 1. The molecule has 2 heterocycles. The molecule has 7 heteroatoms. The van der Waals surface area contributed by atoms with Gasteiger partial charge in [-0.05, 0) is 54.8 Å². The Bertz CT molecular complexity index is 990. The zero-order chi connectivity index (χ0) is 23.4. The van der Waals surface area contributed by atoms with Crippen LogP contribution in [0.1, 0.15) is 31.7 Å². The Morgan fingerprint density at radius 1 is 1.09 bits per heavy atom. The summed E-state index contributed by atoms with van der Waals surface area (Å²) in [5, 5.41) is 2.28. The van der Waals surface area contributed by atoms with Gasteiger partial charge in [0.25, 0.3) is 5.91 Å². The number of hydrogen-bond donors (Lipinski definition) is 0. The molecule has 2 fully saturated rings. The number of likely N-dealkylation sites (tertiary alicyclic amines) is 1. The van der Waals surface area contributed by atoms with E-state index in [9.17, 15) is 9.59 Å². The number of thioether (sulfide) groups is 1.